The molecule has 0 aromatic heterocycles. The normalized spacial score (nSPS) is 24.2. The van der Waals surface area contributed by atoms with Crippen molar-refractivity contribution in [2.24, 2.45) is 5.92 Å². The van der Waals surface area contributed by atoms with E-state index >= 15 is 0 Å². The van der Waals surface area contributed by atoms with Gasteiger partial charge in [0.15, 0.2) is 0 Å². The van der Waals surface area contributed by atoms with E-state index in [4.69, 9.17) is 21.1 Å². The van der Waals surface area contributed by atoms with Crippen LogP contribution in [0.5, 0.6) is 0 Å². The van der Waals surface area contributed by atoms with Gasteiger partial charge >= 0.3 is 0 Å². The molecule has 2 aliphatic rings. The van der Waals surface area contributed by atoms with E-state index in [-0.39, 0.29) is 22.4 Å². The number of sulfonamides is 1. The highest BCUT2D eigenvalue weighted by molar-refractivity contribution is 7.89. The van der Waals surface area contributed by atoms with Gasteiger partial charge in [0.1, 0.15) is 5.82 Å². The van der Waals surface area contributed by atoms with Crippen molar-refractivity contribution >= 4 is 21.6 Å². The van der Waals surface area contributed by atoms with E-state index < -0.39 is 15.8 Å². The number of morpholine rings is 1. The predicted octanol–water partition coefficient (Wildman–Crippen LogP) is 1.45. The van der Waals surface area contributed by atoms with Crippen LogP contribution in [-0.2, 0) is 19.5 Å². The largest absolute Gasteiger partial charge is 0.380 e. The lowest BCUT2D eigenvalue weighted by molar-refractivity contribution is 0.0219. The minimum Gasteiger partial charge on any atom is -0.380 e. The van der Waals surface area contributed by atoms with E-state index in [9.17, 15) is 12.8 Å². The molecule has 1 unspecified atom stereocenters. The van der Waals surface area contributed by atoms with Crippen molar-refractivity contribution in [3.8, 4) is 0 Å². The first-order chi connectivity index (χ1) is 12.0. The molecule has 0 amide bonds. The second-order valence-electron chi connectivity index (χ2n) is 6.29. The van der Waals surface area contributed by atoms with Crippen LogP contribution in [-0.4, -0.2) is 76.8 Å². The Morgan fingerprint density at radius 3 is 2.60 bits per heavy atom. The Morgan fingerprint density at radius 1 is 1.16 bits per heavy atom. The van der Waals surface area contributed by atoms with Crippen molar-refractivity contribution < 1.29 is 22.3 Å². The highest BCUT2D eigenvalue weighted by Gasteiger charge is 2.30. The topological polar surface area (TPSA) is 59.1 Å². The van der Waals surface area contributed by atoms with E-state index in [0.29, 0.717) is 33.0 Å². The number of nitrogens with zero attached hydrogens (tertiary/aromatic N) is 2. The number of rotatable bonds is 4. The number of hydrogen-bond donors (Lipinski definition) is 0. The van der Waals surface area contributed by atoms with Crippen molar-refractivity contribution in [3.05, 3.63) is 29.0 Å². The van der Waals surface area contributed by atoms with Crippen molar-refractivity contribution in [2.75, 3.05) is 59.2 Å². The molecule has 1 aromatic rings. The van der Waals surface area contributed by atoms with Crippen LogP contribution < -0.4 is 0 Å². The minimum atomic E-state index is -3.74. The standard InChI is InChI=1S/C16H22ClFN2O4S/c17-15-9-14(1-2-16(15)18)25(21,22)20-5-8-24-12-13(11-20)10-19-3-6-23-7-4-19/h1-2,9,13H,3-8,10-12H2. The van der Waals surface area contributed by atoms with Gasteiger partial charge in [0.25, 0.3) is 0 Å². The summed E-state index contributed by atoms with van der Waals surface area (Å²) in [7, 11) is -3.74. The summed E-state index contributed by atoms with van der Waals surface area (Å²) in [4.78, 5) is 2.27. The molecule has 6 nitrogen and oxygen atoms in total. The highest BCUT2D eigenvalue weighted by Crippen LogP contribution is 2.24. The summed E-state index contributed by atoms with van der Waals surface area (Å²) in [6.45, 7) is 5.35. The Balaban J connectivity index is 1.73. The van der Waals surface area contributed by atoms with E-state index in [0.717, 1.165) is 31.8 Å². The van der Waals surface area contributed by atoms with Gasteiger partial charge in [-0.1, -0.05) is 11.6 Å². The predicted molar refractivity (Wildman–Crippen MR) is 91.7 cm³/mol. The first-order valence-electron chi connectivity index (χ1n) is 8.30. The molecular weight excluding hydrogens is 371 g/mol. The second-order valence-corrected chi connectivity index (χ2v) is 8.64. The van der Waals surface area contributed by atoms with Crippen LogP contribution in [0.1, 0.15) is 0 Å². The van der Waals surface area contributed by atoms with Crippen LogP contribution in [0.25, 0.3) is 0 Å². The molecule has 0 saturated carbocycles. The SMILES string of the molecule is O=S(=O)(c1ccc(F)c(Cl)c1)N1CCOCC(CN2CCOCC2)C1. The average molecular weight is 393 g/mol. The fourth-order valence-electron chi connectivity index (χ4n) is 3.11. The maximum atomic E-state index is 13.3. The molecule has 9 heteroatoms. The monoisotopic (exact) mass is 392 g/mol. The summed E-state index contributed by atoms with van der Waals surface area (Å²) in [5.41, 5.74) is 0. The van der Waals surface area contributed by atoms with Crippen molar-refractivity contribution in [3.63, 3.8) is 0 Å². The van der Waals surface area contributed by atoms with Crippen LogP contribution in [0.4, 0.5) is 4.39 Å². The van der Waals surface area contributed by atoms with E-state index in [1.54, 1.807) is 0 Å². The van der Waals surface area contributed by atoms with E-state index in [2.05, 4.69) is 4.90 Å². The molecule has 2 saturated heterocycles. The third kappa shape index (κ3) is 4.69. The number of benzene rings is 1. The lowest BCUT2D eigenvalue weighted by Gasteiger charge is -2.31. The molecule has 0 radical (unpaired) electrons. The summed E-state index contributed by atoms with van der Waals surface area (Å²) in [6.07, 6.45) is 0. The molecule has 0 N–H and O–H groups in total. The first-order valence-corrected chi connectivity index (χ1v) is 10.1. The van der Waals surface area contributed by atoms with Crippen LogP contribution in [0.3, 0.4) is 0 Å². The zero-order valence-corrected chi connectivity index (χ0v) is 15.4. The van der Waals surface area contributed by atoms with E-state index in [1.807, 2.05) is 0 Å². The lowest BCUT2D eigenvalue weighted by atomic mass is 10.1. The van der Waals surface area contributed by atoms with Crippen molar-refractivity contribution in [2.45, 2.75) is 4.90 Å². The van der Waals surface area contributed by atoms with E-state index in [1.165, 1.54) is 10.4 Å². The molecular formula is C16H22ClFN2O4S. The third-order valence-corrected chi connectivity index (χ3v) is 6.60. The number of halogens is 2. The lowest BCUT2D eigenvalue weighted by Crippen LogP contribution is -2.43. The Hall–Kier alpha value is -0.770. The van der Waals surface area contributed by atoms with Gasteiger partial charge in [-0.3, -0.25) is 4.90 Å². The Bertz CT molecular complexity index is 697. The summed E-state index contributed by atoms with van der Waals surface area (Å²) >= 11 is 5.75. The van der Waals surface area contributed by atoms with Crippen LogP contribution >= 0.6 is 11.6 Å². The van der Waals surface area contributed by atoms with Gasteiger partial charge in [0.05, 0.1) is 36.3 Å². The van der Waals surface area contributed by atoms with Gasteiger partial charge in [-0.15, -0.1) is 0 Å². The van der Waals surface area contributed by atoms with Gasteiger partial charge in [-0.25, -0.2) is 12.8 Å². The Labute approximate surface area is 152 Å². The Morgan fingerprint density at radius 2 is 1.88 bits per heavy atom. The fraction of sp³-hybridized carbons (Fsp3) is 0.625. The van der Waals surface area contributed by atoms with Gasteiger partial charge in [0.2, 0.25) is 10.0 Å². The zero-order chi connectivity index (χ0) is 17.9. The molecule has 1 aromatic carbocycles. The summed E-state index contributed by atoms with van der Waals surface area (Å²) in [6, 6.07) is 3.49. The highest BCUT2D eigenvalue weighted by atomic mass is 35.5. The van der Waals surface area contributed by atoms with Crippen molar-refractivity contribution in [1.82, 2.24) is 9.21 Å². The van der Waals surface area contributed by atoms with Crippen LogP contribution in [0, 0.1) is 11.7 Å². The van der Waals surface area contributed by atoms with Crippen molar-refractivity contribution in [1.29, 1.82) is 0 Å². The summed E-state index contributed by atoms with van der Waals surface area (Å²) < 4.78 is 51.5. The molecule has 0 spiro atoms. The third-order valence-electron chi connectivity index (χ3n) is 4.45. The number of ether oxygens (including phenoxy) is 2. The molecule has 140 valence electrons. The van der Waals surface area contributed by atoms with Gasteiger partial charge < -0.3 is 9.47 Å². The minimum absolute atomic E-state index is 0.00548. The molecule has 2 heterocycles. The molecule has 2 aliphatic heterocycles. The molecule has 0 aliphatic carbocycles. The quantitative estimate of drug-likeness (QED) is 0.776. The van der Waals surface area contributed by atoms with Gasteiger partial charge in [-0.05, 0) is 18.2 Å². The Kier molecular flexibility index (Phi) is 6.30. The molecule has 3 rings (SSSR count). The van der Waals surface area contributed by atoms with Crippen LogP contribution in [0.2, 0.25) is 5.02 Å². The van der Waals surface area contributed by atoms with Crippen LogP contribution in [0.15, 0.2) is 23.1 Å². The second kappa shape index (κ2) is 8.28. The molecule has 0 bridgehead atoms. The molecule has 1 atom stereocenters. The molecule has 2 fully saturated rings. The summed E-state index contributed by atoms with van der Waals surface area (Å²) in [5.74, 6) is -0.559. The fourth-order valence-corrected chi connectivity index (χ4v) is 4.88. The zero-order valence-electron chi connectivity index (χ0n) is 13.9. The van der Waals surface area contributed by atoms with Gasteiger partial charge in [-0.2, -0.15) is 4.31 Å². The molecule has 25 heavy (non-hydrogen) atoms. The maximum Gasteiger partial charge on any atom is 0.243 e. The maximum absolute atomic E-state index is 13.3. The van der Waals surface area contributed by atoms with Gasteiger partial charge in [0, 0.05) is 38.6 Å². The number of hydrogen-bond acceptors (Lipinski definition) is 5. The first kappa shape index (κ1) is 19.0. The average Bonchev–Trinajstić information content (AvgIpc) is 2.84. The summed E-state index contributed by atoms with van der Waals surface area (Å²) in [5, 5.41) is -0.197. The smallest absolute Gasteiger partial charge is 0.243 e.